The molecule has 0 unspecified atom stereocenters. The molecule has 0 aromatic heterocycles. The van der Waals surface area contributed by atoms with Crippen LogP contribution in [-0.4, -0.2) is 74.5 Å². The zero-order valence-corrected chi connectivity index (χ0v) is 11.3. The van der Waals surface area contributed by atoms with Gasteiger partial charge in [0.1, 0.15) is 6.61 Å². The summed E-state index contributed by atoms with van der Waals surface area (Å²) in [6, 6.07) is 0. The van der Waals surface area contributed by atoms with Gasteiger partial charge in [-0.15, -0.1) is 0 Å². The minimum absolute atomic E-state index is 0.0541. The van der Waals surface area contributed by atoms with E-state index in [-0.39, 0.29) is 18.6 Å². The van der Waals surface area contributed by atoms with Crippen molar-refractivity contribution in [1.82, 2.24) is 10.2 Å². The Bertz CT molecular complexity index is 290. The van der Waals surface area contributed by atoms with Crippen molar-refractivity contribution in [2.75, 3.05) is 46.5 Å². The molecule has 0 aromatic rings. The Kier molecular flexibility index (Phi) is 7.39. The Balaban J connectivity index is 2.14. The van der Waals surface area contributed by atoms with E-state index in [9.17, 15) is 9.59 Å². The first-order valence-corrected chi connectivity index (χ1v) is 6.44. The second-order valence-electron chi connectivity index (χ2n) is 4.45. The van der Waals surface area contributed by atoms with Gasteiger partial charge in [-0.1, -0.05) is 0 Å². The van der Waals surface area contributed by atoms with Crippen molar-refractivity contribution in [3.05, 3.63) is 0 Å². The van der Waals surface area contributed by atoms with E-state index in [4.69, 9.17) is 14.6 Å². The Morgan fingerprint density at radius 1 is 1.37 bits per heavy atom. The summed E-state index contributed by atoms with van der Waals surface area (Å²) in [4.78, 5) is 24.0. The SMILES string of the molecule is COCCNCC(=O)N1CCC(OCC(=O)O)CC1. The third-order valence-electron chi connectivity index (χ3n) is 3.00. The van der Waals surface area contributed by atoms with E-state index in [2.05, 4.69) is 5.32 Å². The summed E-state index contributed by atoms with van der Waals surface area (Å²) in [6.07, 6.45) is 1.33. The van der Waals surface area contributed by atoms with Crippen LogP contribution in [0, 0.1) is 0 Å². The van der Waals surface area contributed by atoms with E-state index < -0.39 is 5.97 Å². The lowest BCUT2D eigenvalue weighted by atomic mass is 10.1. The fraction of sp³-hybridized carbons (Fsp3) is 0.833. The first-order valence-electron chi connectivity index (χ1n) is 6.44. The van der Waals surface area contributed by atoms with Crippen LogP contribution >= 0.6 is 0 Å². The predicted octanol–water partition coefficient (Wildman–Crippen LogP) is -0.685. The number of carbonyl (C=O) groups excluding carboxylic acids is 1. The van der Waals surface area contributed by atoms with E-state index in [0.717, 1.165) is 0 Å². The molecule has 1 aliphatic heterocycles. The predicted molar refractivity (Wildman–Crippen MR) is 67.9 cm³/mol. The maximum Gasteiger partial charge on any atom is 0.329 e. The fourth-order valence-electron chi connectivity index (χ4n) is 1.94. The first-order chi connectivity index (χ1) is 9.13. The number of ether oxygens (including phenoxy) is 2. The number of amides is 1. The van der Waals surface area contributed by atoms with Gasteiger partial charge in [-0.25, -0.2) is 4.79 Å². The number of likely N-dealkylation sites (tertiary alicyclic amines) is 1. The Morgan fingerprint density at radius 3 is 2.63 bits per heavy atom. The monoisotopic (exact) mass is 274 g/mol. The number of nitrogens with one attached hydrogen (secondary N) is 1. The smallest absolute Gasteiger partial charge is 0.329 e. The van der Waals surface area contributed by atoms with Gasteiger partial charge in [0.05, 0.1) is 19.3 Å². The number of carbonyl (C=O) groups is 2. The van der Waals surface area contributed by atoms with E-state index in [0.29, 0.717) is 45.6 Å². The van der Waals surface area contributed by atoms with Gasteiger partial charge in [0.25, 0.3) is 0 Å². The molecule has 1 heterocycles. The lowest BCUT2D eigenvalue weighted by Crippen LogP contribution is -2.45. The normalized spacial score (nSPS) is 16.6. The van der Waals surface area contributed by atoms with Crippen LogP contribution in [0.15, 0.2) is 0 Å². The van der Waals surface area contributed by atoms with Crippen LogP contribution in [0.5, 0.6) is 0 Å². The molecule has 0 atom stereocenters. The van der Waals surface area contributed by atoms with Crippen molar-refractivity contribution in [3.63, 3.8) is 0 Å². The number of methoxy groups -OCH3 is 1. The highest BCUT2D eigenvalue weighted by atomic mass is 16.5. The van der Waals surface area contributed by atoms with Gasteiger partial charge >= 0.3 is 5.97 Å². The van der Waals surface area contributed by atoms with Gasteiger partial charge in [-0.05, 0) is 12.8 Å². The van der Waals surface area contributed by atoms with Gasteiger partial charge in [0, 0.05) is 26.7 Å². The number of piperidine rings is 1. The zero-order chi connectivity index (χ0) is 14.1. The maximum atomic E-state index is 11.8. The summed E-state index contributed by atoms with van der Waals surface area (Å²) in [5, 5.41) is 11.5. The molecule has 0 aliphatic carbocycles. The van der Waals surface area contributed by atoms with Crippen molar-refractivity contribution in [2.45, 2.75) is 18.9 Å². The van der Waals surface area contributed by atoms with Crippen LogP contribution in [-0.2, 0) is 19.1 Å². The molecule has 1 amide bonds. The van der Waals surface area contributed by atoms with E-state index in [1.807, 2.05) is 0 Å². The minimum Gasteiger partial charge on any atom is -0.480 e. The third-order valence-corrected chi connectivity index (χ3v) is 3.00. The van der Waals surface area contributed by atoms with Crippen LogP contribution in [0.25, 0.3) is 0 Å². The Labute approximate surface area is 112 Å². The quantitative estimate of drug-likeness (QED) is 0.570. The molecule has 7 heteroatoms. The van der Waals surface area contributed by atoms with E-state index in [1.54, 1.807) is 12.0 Å². The molecule has 1 saturated heterocycles. The Morgan fingerprint density at radius 2 is 2.05 bits per heavy atom. The van der Waals surface area contributed by atoms with Crippen LogP contribution < -0.4 is 5.32 Å². The molecule has 0 saturated carbocycles. The largest absolute Gasteiger partial charge is 0.480 e. The summed E-state index contributed by atoms with van der Waals surface area (Å²) in [5.41, 5.74) is 0. The van der Waals surface area contributed by atoms with Crippen molar-refractivity contribution >= 4 is 11.9 Å². The van der Waals surface area contributed by atoms with Gasteiger partial charge in [-0.2, -0.15) is 0 Å². The molecule has 2 N–H and O–H groups in total. The van der Waals surface area contributed by atoms with Gasteiger partial charge in [0.15, 0.2) is 0 Å². The number of nitrogens with zero attached hydrogens (tertiary/aromatic N) is 1. The summed E-state index contributed by atoms with van der Waals surface area (Å²) in [7, 11) is 1.62. The number of carboxylic acid groups (broad SMARTS) is 1. The maximum absolute atomic E-state index is 11.8. The molecule has 0 radical (unpaired) electrons. The van der Waals surface area contributed by atoms with Crippen molar-refractivity contribution < 1.29 is 24.2 Å². The molecule has 19 heavy (non-hydrogen) atoms. The molecule has 1 aliphatic rings. The lowest BCUT2D eigenvalue weighted by Gasteiger charge is -2.31. The molecule has 0 spiro atoms. The van der Waals surface area contributed by atoms with E-state index >= 15 is 0 Å². The average molecular weight is 274 g/mol. The molecule has 7 nitrogen and oxygen atoms in total. The lowest BCUT2D eigenvalue weighted by molar-refractivity contribution is -0.146. The number of hydrogen-bond acceptors (Lipinski definition) is 5. The molecule has 1 rings (SSSR count). The molecular formula is C12H22N2O5. The summed E-state index contributed by atoms with van der Waals surface area (Å²) in [5.74, 6) is -0.895. The van der Waals surface area contributed by atoms with Gasteiger partial charge < -0.3 is 24.8 Å². The second-order valence-corrected chi connectivity index (χ2v) is 4.45. The fourth-order valence-corrected chi connectivity index (χ4v) is 1.94. The number of hydrogen-bond donors (Lipinski definition) is 2. The highest BCUT2D eigenvalue weighted by molar-refractivity contribution is 5.78. The van der Waals surface area contributed by atoms with Crippen LogP contribution in [0.2, 0.25) is 0 Å². The first kappa shape index (κ1) is 15.9. The second kappa shape index (κ2) is 8.84. The van der Waals surface area contributed by atoms with Crippen LogP contribution in [0.4, 0.5) is 0 Å². The molecule has 110 valence electrons. The number of carboxylic acids is 1. The van der Waals surface area contributed by atoms with E-state index in [1.165, 1.54) is 0 Å². The van der Waals surface area contributed by atoms with Crippen LogP contribution in [0.1, 0.15) is 12.8 Å². The van der Waals surface area contributed by atoms with Crippen molar-refractivity contribution in [3.8, 4) is 0 Å². The number of aliphatic carboxylic acids is 1. The topological polar surface area (TPSA) is 88.1 Å². The minimum atomic E-state index is -0.958. The zero-order valence-electron chi connectivity index (χ0n) is 11.3. The number of rotatable bonds is 8. The van der Waals surface area contributed by atoms with Gasteiger partial charge in [-0.3, -0.25) is 4.79 Å². The molecule has 0 aromatic carbocycles. The average Bonchev–Trinajstić information content (AvgIpc) is 2.41. The highest BCUT2D eigenvalue weighted by Gasteiger charge is 2.23. The van der Waals surface area contributed by atoms with Crippen LogP contribution in [0.3, 0.4) is 0 Å². The van der Waals surface area contributed by atoms with Crippen molar-refractivity contribution in [1.29, 1.82) is 0 Å². The standard InChI is InChI=1S/C12H22N2O5/c1-18-7-4-13-8-11(15)14-5-2-10(3-6-14)19-9-12(16)17/h10,13H,2-9H2,1H3,(H,16,17). The third kappa shape index (κ3) is 6.51. The summed E-state index contributed by atoms with van der Waals surface area (Å²) in [6.45, 7) is 2.52. The summed E-state index contributed by atoms with van der Waals surface area (Å²) >= 11 is 0. The molecular weight excluding hydrogens is 252 g/mol. The van der Waals surface area contributed by atoms with Gasteiger partial charge in [0.2, 0.25) is 5.91 Å². The Hall–Kier alpha value is -1.18. The molecule has 1 fully saturated rings. The summed E-state index contributed by atoms with van der Waals surface area (Å²) < 4.78 is 10.1. The highest BCUT2D eigenvalue weighted by Crippen LogP contribution is 2.13. The molecule has 0 bridgehead atoms. The van der Waals surface area contributed by atoms with Crippen molar-refractivity contribution in [2.24, 2.45) is 0 Å².